The molecule has 0 heterocycles. The van der Waals surface area contributed by atoms with Crippen LogP contribution >= 0.6 is 11.8 Å². The van der Waals surface area contributed by atoms with Crippen LogP contribution in [0.2, 0.25) is 0 Å². The summed E-state index contributed by atoms with van der Waals surface area (Å²) < 4.78 is 25.9. The summed E-state index contributed by atoms with van der Waals surface area (Å²) in [7, 11) is 0. The topological polar surface area (TPSA) is 66.4 Å². The molecule has 2 N–H and O–H groups in total. The minimum Gasteiger partial charge on any atom is -0.481 e. The molecule has 1 aromatic rings. The quantitative estimate of drug-likeness (QED) is 0.785. The highest BCUT2D eigenvalue weighted by atomic mass is 32.2. The molecular weight excluding hydrogens is 276 g/mol. The Morgan fingerprint density at radius 1 is 1.42 bits per heavy atom. The van der Waals surface area contributed by atoms with E-state index in [2.05, 4.69) is 5.32 Å². The van der Waals surface area contributed by atoms with Crippen molar-refractivity contribution in [1.29, 1.82) is 0 Å². The molecule has 0 bridgehead atoms. The maximum atomic E-state index is 13.3. The van der Waals surface area contributed by atoms with Gasteiger partial charge in [0.1, 0.15) is 11.6 Å². The molecule has 0 radical (unpaired) electrons. The third kappa shape index (κ3) is 5.25. The number of carbonyl (C=O) groups is 2. The zero-order valence-electron chi connectivity index (χ0n) is 10.2. The van der Waals surface area contributed by atoms with Crippen molar-refractivity contribution in [2.24, 2.45) is 5.92 Å². The van der Waals surface area contributed by atoms with Gasteiger partial charge in [-0.3, -0.25) is 9.59 Å². The summed E-state index contributed by atoms with van der Waals surface area (Å²) in [6, 6.07) is 3.10. The van der Waals surface area contributed by atoms with E-state index >= 15 is 0 Å². The summed E-state index contributed by atoms with van der Waals surface area (Å²) in [5.74, 6) is -3.55. The smallest absolute Gasteiger partial charge is 0.308 e. The van der Waals surface area contributed by atoms with Crippen molar-refractivity contribution < 1.29 is 23.5 Å². The number of amides is 1. The zero-order chi connectivity index (χ0) is 14.4. The number of rotatable bonds is 6. The molecule has 0 saturated carbocycles. The van der Waals surface area contributed by atoms with Crippen LogP contribution in [0.5, 0.6) is 0 Å². The van der Waals surface area contributed by atoms with Crippen molar-refractivity contribution >= 4 is 23.6 Å². The van der Waals surface area contributed by atoms with Crippen LogP contribution < -0.4 is 5.32 Å². The van der Waals surface area contributed by atoms with Gasteiger partial charge in [0.25, 0.3) is 0 Å². The second-order valence-electron chi connectivity index (χ2n) is 3.91. The maximum absolute atomic E-state index is 13.3. The predicted molar refractivity (Wildman–Crippen MR) is 66.9 cm³/mol. The highest BCUT2D eigenvalue weighted by molar-refractivity contribution is 8.00. The summed E-state index contributed by atoms with van der Waals surface area (Å²) in [5.41, 5.74) is 0. The molecule has 0 fully saturated rings. The highest BCUT2D eigenvalue weighted by Crippen LogP contribution is 2.21. The zero-order valence-corrected chi connectivity index (χ0v) is 11.0. The van der Waals surface area contributed by atoms with Crippen LogP contribution in [0.3, 0.4) is 0 Å². The normalized spacial score (nSPS) is 11.9. The predicted octanol–water partition coefficient (Wildman–Crippen LogP) is 1.89. The highest BCUT2D eigenvalue weighted by Gasteiger charge is 2.13. The Balaban J connectivity index is 2.40. The van der Waals surface area contributed by atoms with E-state index in [1.54, 1.807) is 0 Å². The average molecular weight is 289 g/mol. The first-order chi connectivity index (χ1) is 8.90. The van der Waals surface area contributed by atoms with Crippen LogP contribution in [0.15, 0.2) is 23.1 Å². The van der Waals surface area contributed by atoms with Gasteiger partial charge in [-0.2, -0.15) is 0 Å². The van der Waals surface area contributed by atoms with Crippen LogP contribution in [0.4, 0.5) is 8.78 Å². The van der Waals surface area contributed by atoms with Crippen molar-refractivity contribution in [3.05, 3.63) is 29.8 Å². The molecule has 0 aliphatic carbocycles. The molecule has 0 aromatic heterocycles. The van der Waals surface area contributed by atoms with Gasteiger partial charge in [0, 0.05) is 17.5 Å². The first kappa shape index (κ1) is 15.4. The summed E-state index contributed by atoms with van der Waals surface area (Å²) in [6.45, 7) is 1.48. The molecule has 1 aromatic carbocycles. The van der Waals surface area contributed by atoms with Gasteiger partial charge >= 0.3 is 5.97 Å². The van der Waals surface area contributed by atoms with E-state index in [1.807, 2.05) is 0 Å². The number of thioether (sulfide) groups is 1. The summed E-state index contributed by atoms with van der Waals surface area (Å²) in [6.07, 6.45) is 0. The molecule has 7 heteroatoms. The fourth-order valence-electron chi connectivity index (χ4n) is 1.14. The van der Waals surface area contributed by atoms with Crippen molar-refractivity contribution in [3.63, 3.8) is 0 Å². The first-order valence-corrected chi connectivity index (χ1v) is 6.46. The van der Waals surface area contributed by atoms with E-state index in [9.17, 15) is 18.4 Å². The van der Waals surface area contributed by atoms with Crippen LogP contribution in [-0.4, -0.2) is 29.3 Å². The Bertz CT molecular complexity index is 482. The van der Waals surface area contributed by atoms with Crippen LogP contribution in [-0.2, 0) is 9.59 Å². The van der Waals surface area contributed by atoms with E-state index < -0.39 is 29.4 Å². The van der Waals surface area contributed by atoms with Gasteiger partial charge in [0.15, 0.2) is 0 Å². The number of nitrogens with one attached hydrogen (secondary N) is 1. The molecule has 1 atom stereocenters. The minimum atomic E-state index is -1.00. The standard InChI is InChI=1S/C12H13F2NO3S/c1-7(12(17)18)5-15-11(16)6-19-10-3-2-8(13)4-9(10)14/h2-4,7H,5-6H2,1H3,(H,15,16)(H,17,18). The Kier molecular flexibility index (Phi) is 5.75. The number of hydrogen-bond acceptors (Lipinski definition) is 3. The van der Waals surface area contributed by atoms with Gasteiger partial charge < -0.3 is 10.4 Å². The third-order valence-corrected chi connectivity index (χ3v) is 3.33. The van der Waals surface area contributed by atoms with E-state index in [4.69, 9.17) is 5.11 Å². The van der Waals surface area contributed by atoms with Gasteiger partial charge in [-0.05, 0) is 12.1 Å². The monoisotopic (exact) mass is 289 g/mol. The fraction of sp³-hybridized carbons (Fsp3) is 0.333. The van der Waals surface area contributed by atoms with Crippen molar-refractivity contribution in [2.45, 2.75) is 11.8 Å². The lowest BCUT2D eigenvalue weighted by Crippen LogP contribution is -2.32. The van der Waals surface area contributed by atoms with Crippen molar-refractivity contribution in [1.82, 2.24) is 5.32 Å². The molecule has 1 rings (SSSR count). The van der Waals surface area contributed by atoms with Gasteiger partial charge in [-0.1, -0.05) is 6.92 Å². The van der Waals surface area contributed by atoms with Crippen molar-refractivity contribution in [3.8, 4) is 0 Å². The minimum absolute atomic E-state index is 0.0145. The molecule has 4 nitrogen and oxygen atoms in total. The van der Waals surface area contributed by atoms with Crippen molar-refractivity contribution in [2.75, 3.05) is 12.3 Å². The molecule has 1 amide bonds. The lowest BCUT2D eigenvalue weighted by molar-refractivity contribution is -0.141. The van der Waals surface area contributed by atoms with E-state index in [0.29, 0.717) is 0 Å². The maximum Gasteiger partial charge on any atom is 0.308 e. The van der Waals surface area contributed by atoms with E-state index in [1.165, 1.54) is 13.0 Å². The number of halogens is 2. The van der Waals surface area contributed by atoms with Gasteiger partial charge in [-0.15, -0.1) is 11.8 Å². The Hall–Kier alpha value is -1.63. The second-order valence-corrected chi connectivity index (χ2v) is 4.92. The van der Waals surface area contributed by atoms with Crippen LogP contribution in [0.25, 0.3) is 0 Å². The largest absolute Gasteiger partial charge is 0.481 e. The summed E-state index contributed by atoms with van der Waals surface area (Å²) >= 11 is 0.923. The lowest BCUT2D eigenvalue weighted by Gasteiger charge is -2.08. The van der Waals surface area contributed by atoms with Gasteiger partial charge in [0.2, 0.25) is 5.91 Å². The molecule has 0 aliphatic rings. The third-order valence-electron chi connectivity index (χ3n) is 2.28. The number of carboxylic acids is 1. The number of carbonyl (C=O) groups excluding carboxylic acids is 1. The molecule has 0 spiro atoms. The number of hydrogen-bond donors (Lipinski definition) is 2. The Morgan fingerprint density at radius 2 is 2.11 bits per heavy atom. The van der Waals surface area contributed by atoms with E-state index in [0.717, 1.165) is 23.9 Å². The Morgan fingerprint density at radius 3 is 2.68 bits per heavy atom. The molecule has 104 valence electrons. The fourth-order valence-corrected chi connectivity index (χ4v) is 1.89. The molecule has 0 aliphatic heterocycles. The lowest BCUT2D eigenvalue weighted by atomic mass is 10.2. The SMILES string of the molecule is CC(CNC(=O)CSc1ccc(F)cc1F)C(=O)O. The van der Waals surface area contributed by atoms with Crippen LogP contribution in [0, 0.1) is 17.6 Å². The molecule has 19 heavy (non-hydrogen) atoms. The van der Waals surface area contributed by atoms with Gasteiger partial charge in [0.05, 0.1) is 11.7 Å². The van der Waals surface area contributed by atoms with Gasteiger partial charge in [-0.25, -0.2) is 8.78 Å². The van der Waals surface area contributed by atoms with E-state index in [-0.39, 0.29) is 17.2 Å². The average Bonchev–Trinajstić information content (AvgIpc) is 2.34. The molecule has 0 saturated heterocycles. The number of benzene rings is 1. The molecule has 1 unspecified atom stereocenters. The van der Waals surface area contributed by atoms with Crippen LogP contribution in [0.1, 0.15) is 6.92 Å². The number of carboxylic acid groups (broad SMARTS) is 1. The summed E-state index contributed by atoms with van der Waals surface area (Å²) in [4.78, 5) is 22.1. The number of aliphatic carboxylic acids is 1. The second kappa shape index (κ2) is 7.08. The molecular formula is C12H13F2NO3S. The summed E-state index contributed by atoms with van der Waals surface area (Å²) in [5, 5.41) is 11.1. The first-order valence-electron chi connectivity index (χ1n) is 5.47. The Labute approximate surface area is 113 Å².